The molecular formula is C23H29N3O3. The van der Waals surface area contributed by atoms with Gasteiger partial charge in [0.25, 0.3) is 0 Å². The predicted octanol–water partition coefficient (Wildman–Crippen LogP) is 3.40. The number of nitrogens with zero attached hydrogens (tertiary/aromatic N) is 2. The third-order valence-electron chi connectivity index (χ3n) is 6.07. The fourth-order valence-corrected chi connectivity index (χ4v) is 4.62. The van der Waals surface area contributed by atoms with Crippen LogP contribution in [-0.4, -0.2) is 44.7 Å². The number of hydrogen-bond acceptors (Lipinski definition) is 5. The average molecular weight is 396 g/mol. The fraction of sp³-hybridized carbons (Fsp3) is 0.435. The van der Waals surface area contributed by atoms with Gasteiger partial charge in [-0.3, -0.25) is 4.79 Å². The van der Waals surface area contributed by atoms with Gasteiger partial charge in [-0.05, 0) is 61.1 Å². The maximum atomic E-state index is 13.3. The summed E-state index contributed by atoms with van der Waals surface area (Å²) in [5.74, 6) is 1.57. The fourth-order valence-electron chi connectivity index (χ4n) is 4.62. The number of nitrogens with two attached hydrogens (primary N) is 1. The van der Waals surface area contributed by atoms with Crippen LogP contribution in [0.1, 0.15) is 36.4 Å². The lowest BCUT2D eigenvalue weighted by Gasteiger charge is -2.34. The van der Waals surface area contributed by atoms with Crippen LogP contribution < -0.4 is 20.1 Å². The normalized spacial score (nSPS) is 18.5. The number of carbonyl (C=O) groups is 1. The van der Waals surface area contributed by atoms with E-state index in [0.717, 1.165) is 55.7 Å². The second kappa shape index (κ2) is 8.23. The van der Waals surface area contributed by atoms with E-state index < -0.39 is 0 Å². The highest BCUT2D eigenvalue weighted by atomic mass is 16.5. The van der Waals surface area contributed by atoms with E-state index in [-0.39, 0.29) is 11.9 Å². The topological polar surface area (TPSA) is 68.0 Å². The Kier molecular flexibility index (Phi) is 5.51. The summed E-state index contributed by atoms with van der Waals surface area (Å²) in [5, 5.41) is 0. The highest BCUT2D eigenvalue weighted by molar-refractivity contribution is 5.83. The van der Waals surface area contributed by atoms with Crippen LogP contribution in [0.4, 0.5) is 11.4 Å². The summed E-state index contributed by atoms with van der Waals surface area (Å²) >= 11 is 0. The van der Waals surface area contributed by atoms with Gasteiger partial charge in [0, 0.05) is 24.5 Å². The van der Waals surface area contributed by atoms with Crippen molar-refractivity contribution < 1.29 is 14.3 Å². The van der Waals surface area contributed by atoms with Crippen molar-refractivity contribution in [1.82, 2.24) is 4.90 Å². The number of anilines is 2. The van der Waals surface area contributed by atoms with E-state index in [0.29, 0.717) is 18.0 Å². The Morgan fingerprint density at radius 3 is 2.72 bits per heavy atom. The minimum absolute atomic E-state index is 0.0763. The molecule has 1 saturated heterocycles. The van der Waals surface area contributed by atoms with Gasteiger partial charge in [-0.1, -0.05) is 12.1 Å². The molecule has 29 heavy (non-hydrogen) atoms. The number of hydrogen-bond donors (Lipinski definition) is 1. The Morgan fingerprint density at radius 2 is 1.93 bits per heavy atom. The minimum Gasteiger partial charge on any atom is -0.493 e. The molecule has 0 radical (unpaired) electrons. The molecule has 2 heterocycles. The monoisotopic (exact) mass is 395 g/mol. The van der Waals surface area contributed by atoms with E-state index in [1.165, 1.54) is 5.56 Å². The van der Waals surface area contributed by atoms with E-state index in [1.54, 1.807) is 14.2 Å². The number of amides is 1. The number of ether oxygens (including phenoxy) is 2. The van der Waals surface area contributed by atoms with Crippen LogP contribution in [0.2, 0.25) is 0 Å². The highest BCUT2D eigenvalue weighted by Gasteiger charge is 2.32. The average Bonchev–Trinajstić information content (AvgIpc) is 3.24. The molecule has 0 bridgehead atoms. The molecular weight excluding hydrogens is 366 g/mol. The van der Waals surface area contributed by atoms with Gasteiger partial charge in [0.05, 0.1) is 26.8 Å². The Hall–Kier alpha value is -2.89. The quantitative estimate of drug-likeness (QED) is 0.786. The highest BCUT2D eigenvalue weighted by Crippen LogP contribution is 2.37. The van der Waals surface area contributed by atoms with Gasteiger partial charge in [-0.15, -0.1) is 0 Å². The second-order valence-electron chi connectivity index (χ2n) is 7.73. The summed E-state index contributed by atoms with van der Waals surface area (Å²) in [6.45, 7) is 2.06. The Morgan fingerprint density at radius 1 is 1.10 bits per heavy atom. The van der Waals surface area contributed by atoms with E-state index in [4.69, 9.17) is 15.2 Å². The van der Waals surface area contributed by atoms with Crippen LogP contribution in [0.3, 0.4) is 0 Å². The summed E-state index contributed by atoms with van der Waals surface area (Å²) < 4.78 is 10.8. The lowest BCUT2D eigenvalue weighted by Crippen LogP contribution is -2.42. The number of rotatable bonds is 5. The smallest absolute Gasteiger partial charge is 0.242 e. The standard InChI is InChI=1S/C23H29N3O3/c1-28-21-11-10-16(14-22(21)29-2)19-9-5-13-26(19)23(27)15-25-12-4-6-17-18(24)7-3-8-20(17)25/h3,7-8,10-11,14,19H,4-6,9,12-13,15,24H2,1-2H3. The van der Waals surface area contributed by atoms with Crippen molar-refractivity contribution in [3.63, 3.8) is 0 Å². The molecule has 0 spiro atoms. The molecule has 2 aliphatic rings. The molecule has 2 N–H and O–H groups in total. The molecule has 1 amide bonds. The van der Waals surface area contributed by atoms with Crippen LogP contribution in [0, 0.1) is 0 Å². The molecule has 154 valence electrons. The van der Waals surface area contributed by atoms with Crippen LogP contribution in [0.25, 0.3) is 0 Å². The summed E-state index contributed by atoms with van der Waals surface area (Å²) in [6.07, 6.45) is 3.97. The number of methoxy groups -OCH3 is 2. The Bertz CT molecular complexity index is 899. The second-order valence-corrected chi connectivity index (χ2v) is 7.73. The van der Waals surface area contributed by atoms with E-state index in [1.807, 2.05) is 35.2 Å². The molecule has 6 nitrogen and oxygen atoms in total. The maximum absolute atomic E-state index is 13.3. The number of carbonyl (C=O) groups excluding carboxylic acids is 1. The zero-order chi connectivity index (χ0) is 20.4. The summed E-state index contributed by atoms with van der Waals surface area (Å²) in [5.41, 5.74) is 10.4. The summed E-state index contributed by atoms with van der Waals surface area (Å²) in [6, 6.07) is 12.0. The van der Waals surface area contributed by atoms with Gasteiger partial charge in [0.15, 0.2) is 11.5 Å². The molecule has 0 aliphatic carbocycles. The Balaban J connectivity index is 1.53. The first-order valence-electron chi connectivity index (χ1n) is 10.3. The first kappa shape index (κ1) is 19.4. The third-order valence-corrected chi connectivity index (χ3v) is 6.07. The predicted molar refractivity (Wildman–Crippen MR) is 115 cm³/mol. The first-order valence-corrected chi connectivity index (χ1v) is 10.3. The molecule has 0 saturated carbocycles. The van der Waals surface area contributed by atoms with Gasteiger partial charge < -0.3 is 25.0 Å². The van der Waals surface area contributed by atoms with E-state index >= 15 is 0 Å². The number of likely N-dealkylation sites (tertiary alicyclic amines) is 1. The van der Waals surface area contributed by atoms with Crippen LogP contribution in [-0.2, 0) is 11.2 Å². The number of nitrogen functional groups attached to an aromatic ring is 1. The Labute approximate surface area is 172 Å². The zero-order valence-corrected chi connectivity index (χ0v) is 17.2. The van der Waals surface area contributed by atoms with Crippen molar-refractivity contribution in [3.05, 3.63) is 47.5 Å². The van der Waals surface area contributed by atoms with Crippen molar-refractivity contribution >= 4 is 17.3 Å². The lowest BCUT2D eigenvalue weighted by atomic mass is 9.99. The van der Waals surface area contributed by atoms with Crippen LogP contribution in [0.5, 0.6) is 11.5 Å². The van der Waals surface area contributed by atoms with Crippen molar-refractivity contribution in [2.45, 2.75) is 31.7 Å². The zero-order valence-electron chi connectivity index (χ0n) is 17.2. The van der Waals surface area contributed by atoms with Gasteiger partial charge in [0.2, 0.25) is 5.91 Å². The van der Waals surface area contributed by atoms with Crippen molar-refractivity contribution in [1.29, 1.82) is 0 Å². The molecule has 4 rings (SSSR count). The first-order chi connectivity index (χ1) is 14.1. The van der Waals surface area contributed by atoms with E-state index in [9.17, 15) is 4.79 Å². The maximum Gasteiger partial charge on any atom is 0.242 e. The van der Waals surface area contributed by atoms with Crippen LogP contribution in [0.15, 0.2) is 36.4 Å². The summed E-state index contributed by atoms with van der Waals surface area (Å²) in [7, 11) is 3.27. The SMILES string of the molecule is COc1ccc(C2CCCN2C(=O)CN2CCCc3c(N)cccc32)cc1OC. The molecule has 1 unspecified atom stereocenters. The number of fused-ring (bicyclic) bond motifs is 1. The molecule has 2 aromatic rings. The van der Waals surface area contributed by atoms with Crippen LogP contribution >= 0.6 is 0 Å². The minimum atomic E-state index is 0.0763. The molecule has 1 fully saturated rings. The molecule has 2 aliphatic heterocycles. The largest absolute Gasteiger partial charge is 0.493 e. The van der Waals surface area contributed by atoms with E-state index in [2.05, 4.69) is 11.0 Å². The van der Waals surface area contributed by atoms with Gasteiger partial charge in [0.1, 0.15) is 0 Å². The molecule has 0 aromatic heterocycles. The lowest BCUT2D eigenvalue weighted by molar-refractivity contribution is -0.130. The van der Waals surface area contributed by atoms with Gasteiger partial charge >= 0.3 is 0 Å². The van der Waals surface area contributed by atoms with Gasteiger partial charge in [-0.2, -0.15) is 0 Å². The third kappa shape index (κ3) is 3.71. The van der Waals surface area contributed by atoms with Crippen molar-refractivity contribution in [2.75, 3.05) is 44.5 Å². The van der Waals surface area contributed by atoms with Crippen molar-refractivity contribution in [2.24, 2.45) is 0 Å². The molecule has 1 atom stereocenters. The molecule has 2 aromatic carbocycles. The number of benzene rings is 2. The van der Waals surface area contributed by atoms with Gasteiger partial charge in [-0.25, -0.2) is 0 Å². The molecule has 6 heteroatoms. The summed E-state index contributed by atoms with van der Waals surface area (Å²) in [4.78, 5) is 17.5. The van der Waals surface area contributed by atoms with Crippen molar-refractivity contribution in [3.8, 4) is 11.5 Å².